The Kier molecular flexibility index (Phi) is 4.42. The molecule has 0 aliphatic heterocycles. The van der Waals surface area contributed by atoms with E-state index in [0.717, 1.165) is 6.08 Å². The van der Waals surface area contributed by atoms with Crippen molar-refractivity contribution in [2.24, 2.45) is 5.73 Å². The average Bonchev–Trinajstić information content (AvgIpc) is 2.26. The first-order valence-electron chi connectivity index (χ1n) is 5.06. The number of amides is 1. The van der Waals surface area contributed by atoms with Crippen LogP contribution in [0, 0.1) is 0 Å². The summed E-state index contributed by atoms with van der Waals surface area (Å²) in [6.45, 7) is 1.59. The van der Waals surface area contributed by atoms with Crippen LogP contribution in [0.25, 0.3) is 6.08 Å². The van der Waals surface area contributed by atoms with Gasteiger partial charge in [0.2, 0.25) is 5.91 Å². The van der Waals surface area contributed by atoms with E-state index in [1.807, 2.05) is 0 Å². The highest BCUT2D eigenvalue weighted by molar-refractivity contribution is 5.94. The number of carbonyl (C=O) groups excluding carboxylic acids is 1. The molecule has 1 amide bonds. The monoisotopic (exact) mass is 234 g/mol. The summed E-state index contributed by atoms with van der Waals surface area (Å²) in [5, 5.41) is 11.1. The van der Waals surface area contributed by atoms with Crippen molar-refractivity contribution < 1.29 is 14.7 Å². The zero-order valence-electron chi connectivity index (χ0n) is 9.38. The maximum atomic E-state index is 11.3. The van der Waals surface area contributed by atoms with Gasteiger partial charge in [-0.25, -0.2) is 4.79 Å². The van der Waals surface area contributed by atoms with Crippen molar-refractivity contribution in [1.29, 1.82) is 0 Å². The second-order valence-corrected chi connectivity index (χ2v) is 3.57. The molecule has 0 aromatic heterocycles. The molecule has 0 fully saturated rings. The van der Waals surface area contributed by atoms with Crippen LogP contribution in [0.5, 0.6) is 0 Å². The van der Waals surface area contributed by atoms with Crippen molar-refractivity contribution in [3.05, 3.63) is 35.9 Å². The smallest absolute Gasteiger partial charge is 0.328 e. The van der Waals surface area contributed by atoms with Crippen LogP contribution in [-0.4, -0.2) is 23.0 Å². The van der Waals surface area contributed by atoms with Gasteiger partial charge in [0.15, 0.2) is 0 Å². The summed E-state index contributed by atoms with van der Waals surface area (Å²) in [4.78, 5) is 21.7. The topological polar surface area (TPSA) is 92.4 Å². The van der Waals surface area contributed by atoms with Crippen molar-refractivity contribution >= 4 is 23.6 Å². The standard InChI is InChI=1S/C12H14N2O3/c1-8(13)12(17)14-10-4-2-3-9(7-10)5-6-11(15)16/h2-8H,13H2,1H3,(H,14,17)(H,15,16)/b6-5+. The Morgan fingerprint density at radius 2 is 2.18 bits per heavy atom. The summed E-state index contributed by atoms with van der Waals surface area (Å²) in [6.07, 6.45) is 2.48. The molecule has 0 aliphatic carbocycles. The van der Waals surface area contributed by atoms with Crippen LogP contribution in [0.15, 0.2) is 30.3 Å². The van der Waals surface area contributed by atoms with Gasteiger partial charge in [0.05, 0.1) is 6.04 Å². The fourth-order valence-electron chi connectivity index (χ4n) is 1.14. The van der Waals surface area contributed by atoms with E-state index in [1.54, 1.807) is 31.2 Å². The van der Waals surface area contributed by atoms with E-state index in [0.29, 0.717) is 11.3 Å². The van der Waals surface area contributed by atoms with Gasteiger partial charge in [-0.2, -0.15) is 0 Å². The van der Waals surface area contributed by atoms with E-state index in [9.17, 15) is 9.59 Å². The van der Waals surface area contributed by atoms with Crippen molar-refractivity contribution in [3.63, 3.8) is 0 Å². The first-order valence-corrected chi connectivity index (χ1v) is 5.06. The van der Waals surface area contributed by atoms with Gasteiger partial charge < -0.3 is 16.2 Å². The number of anilines is 1. The summed E-state index contributed by atoms with van der Waals surface area (Å²) in [7, 11) is 0. The third-order valence-corrected chi connectivity index (χ3v) is 1.99. The lowest BCUT2D eigenvalue weighted by molar-refractivity contribution is -0.131. The van der Waals surface area contributed by atoms with Gasteiger partial charge in [0, 0.05) is 11.8 Å². The van der Waals surface area contributed by atoms with E-state index >= 15 is 0 Å². The lowest BCUT2D eigenvalue weighted by Gasteiger charge is -2.07. The van der Waals surface area contributed by atoms with E-state index < -0.39 is 12.0 Å². The first-order chi connectivity index (χ1) is 7.99. The third kappa shape index (κ3) is 4.48. The minimum absolute atomic E-state index is 0.288. The highest BCUT2D eigenvalue weighted by Crippen LogP contribution is 2.12. The lowest BCUT2D eigenvalue weighted by Crippen LogP contribution is -2.32. The van der Waals surface area contributed by atoms with Crippen molar-refractivity contribution in [1.82, 2.24) is 0 Å². The molecule has 1 aromatic carbocycles. The molecule has 0 radical (unpaired) electrons. The summed E-state index contributed by atoms with van der Waals surface area (Å²) in [5.74, 6) is -1.31. The van der Waals surface area contributed by atoms with Crippen molar-refractivity contribution in [3.8, 4) is 0 Å². The van der Waals surface area contributed by atoms with Crippen LogP contribution in [0.4, 0.5) is 5.69 Å². The van der Waals surface area contributed by atoms with Crippen molar-refractivity contribution in [2.45, 2.75) is 13.0 Å². The molecular weight excluding hydrogens is 220 g/mol. The molecule has 0 spiro atoms. The number of nitrogens with one attached hydrogen (secondary N) is 1. The largest absolute Gasteiger partial charge is 0.478 e. The van der Waals surface area contributed by atoms with E-state index in [1.165, 1.54) is 6.08 Å². The number of nitrogens with two attached hydrogens (primary N) is 1. The van der Waals surface area contributed by atoms with Crippen LogP contribution in [0.1, 0.15) is 12.5 Å². The molecule has 1 atom stereocenters. The highest BCUT2D eigenvalue weighted by atomic mass is 16.4. The Morgan fingerprint density at radius 3 is 2.76 bits per heavy atom. The average molecular weight is 234 g/mol. The predicted octanol–water partition coefficient (Wildman–Crippen LogP) is 1.07. The number of hydrogen-bond acceptors (Lipinski definition) is 3. The number of carboxylic acid groups (broad SMARTS) is 1. The Bertz CT molecular complexity index is 453. The van der Waals surface area contributed by atoms with E-state index in [4.69, 9.17) is 10.8 Å². The molecule has 1 aromatic rings. The molecule has 4 N–H and O–H groups in total. The Labute approximate surface area is 98.9 Å². The fraction of sp³-hybridized carbons (Fsp3) is 0.167. The maximum absolute atomic E-state index is 11.3. The third-order valence-electron chi connectivity index (χ3n) is 1.99. The second kappa shape index (κ2) is 5.81. The summed E-state index contributed by atoms with van der Waals surface area (Å²) in [5.41, 5.74) is 6.69. The van der Waals surface area contributed by atoms with Crippen LogP contribution >= 0.6 is 0 Å². The zero-order chi connectivity index (χ0) is 12.8. The zero-order valence-corrected chi connectivity index (χ0v) is 9.38. The van der Waals surface area contributed by atoms with Crippen LogP contribution < -0.4 is 11.1 Å². The molecule has 0 saturated heterocycles. The lowest BCUT2D eigenvalue weighted by atomic mass is 10.2. The van der Waals surface area contributed by atoms with Crippen LogP contribution in [0.3, 0.4) is 0 Å². The van der Waals surface area contributed by atoms with Gasteiger partial charge in [-0.1, -0.05) is 12.1 Å². The molecule has 1 rings (SSSR count). The Morgan fingerprint density at radius 1 is 1.47 bits per heavy atom. The molecule has 90 valence electrons. The molecule has 17 heavy (non-hydrogen) atoms. The Balaban J connectivity index is 2.79. The summed E-state index contributed by atoms with van der Waals surface area (Å²) in [6, 6.07) is 6.24. The van der Waals surface area contributed by atoms with E-state index in [2.05, 4.69) is 5.32 Å². The molecule has 0 aliphatic rings. The molecule has 5 heteroatoms. The molecule has 1 unspecified atom stereocenters. The number of rotatable bonds is 4. The van der Waals surface area contributed by atoms with E-state index in [-0.39, 0.29) is 5.91 Å². The maximum Gasteiger partial charge on any atom is 0.328 e. The SMILES string of the molecule is CC(N)C(=O)Nc1cccc(/C=C/C(=O)O)c1. The van der Waals surface area contributed by atoms with Gasteiger partial charge in [-0.15, -0.1) is 0 Å². The predicted molar refractivity (Wildman–Crippen MR) is 65.4 cm³/mol. The number of carboxylic acids is 1. The fourth-order valence-corrected chi connectivity index (χ4v) is 1.14. The first kappa shape index (κ1) is 12.9. The second-order valence-electron chi connectivity index (χ2n) is 3.57. The molecule has 0 bridgehead atoms. The summed E-state index contributed by atoms with van der Waals surface area (Å²) < 4.78 is 0. The normalized spacial score (nSPS) is 12.4. The van der Waals surface area contributed by atoms with Gasteiger partial charge in [-0.3, -0.25) is 4.79 Å². The number of benzene rings is 1. The molecule has 0 heterocycles. The highest BCUT2D eigenvalue weighted by Gasteiger charge is 2.06. The van der Waals surface area contributed by atoms with Crippen LogP contribution in [-0.2, 0) is 9.59 Å². The molecule has 0 saturated carbocycles. The van der Waals surface area contributed by atoms with Gasteiger partial charge in [-0.05, 0) is 30.7 Å². The minimum atomic E-state index is -1.02. The molecule has 5 nitrogen and oxygen atoms in total. The van der Waals surface area contributed by atoms with Gasteiger partial charge in [0.1, 0.15) is 0 Å². The quantitative estimate of drug-likeness (QED) is 0.679. The van der Waals surface area contributed by atoms with Crippen LogP contribution in [0.2, 0.25) is 0 Å². The van der Waals surface area contributed by atoms with Gasteiger partial charge >= 0.3 is 5.97 Å². The Hall–Kier alpha value is -2.14. The molecular formula is C12H14N2O3. The minimum Gasteiger partial charge on any atom is -0.478 e. The van der Waals surface area contributed by atoms with Crippen molar-refractivity contribution in [2.75, 3.05) is 5.32 Å². The number of hydrogen-bond donors (Lipinski definition) is 3. The number of aliphatic carboxylic acids is 1. The number of carbonyl (C=O) groups is 2. The van der Waals surface area contributed by atoms with Gasteiger partial charge in [0.25, 0.3) is 0 Å². The summed E-state index contributed by atoms with van der Waals surface area (Å²) >= 11 is 0.